The van der Waals surface area contributed by atoms with Crippen molar-refractivity contribution < 1.29 is 0 Å². The molecule has 4 aliphatic carbocycles. The van der Waals surface area contributed by atoms with Crippen molar-refractivity contribution in [2.24, 2.45) is 28.6 Å². The minimum Gasteiger partial charge on any atom is -0.109 e. The molecule has 0 aromatic heterocycles. The predicted octanol–water partition coefficient (Wildman–Crippen LogP) is 5.87. The molecule has 0 spiro atoms. The second kappa shape index (κ2) is 3.63. The summed E-state index contributed by atoms with van der Waals surface area (Å²) in [4.78, 5) is 0. The molecule has 19 heavy (non-hydrogen) atoms. The summed E-state index contributed by atoms with van der Waals surface area (Å²) >= 11 is 16.1. The van der Waals surface area contributed by atoms with E-state index in [1.807, 2.05) is 11.8 Å². The van der Waals surface area contributed by atoms with Crippen LogP contribution in [0.15, 0.2) is 0 Å². The Hall–Kier alpha value is 0.930. The van der Waals surface area contributed by atoms with Crippen LogP contribution >= 0.6 is 35.0 Å². The highest BCUT2D eigenvalue weighted by molar-refractivity contribution is 8.12. The van der Waals surface area contributed by atoms with Gasteiger partial charge in [-0.05, 0) is 61.7 Å². The molecule has 1 aliphatic heterocycles. The highest BCUT2D eigenvalue weighted by Gasteiger charge is 2.81. The van der Waals surface area contributed by atoms with Crippen molar-refractivity contribution in [1.82, 2.24) is 0 Å². The Bertz CT molecular complexity index is 392. The molecule has 0 radical (unpaired) electrons. The van der Waals surface area contributed by atoms with E-state index in [1.165, 1.54) is 38.5 Å². The zero-order valence-corrected chi connectivity index (χ0v) is 14.5. The number of halogens is 2. The second-order valence-electron chi connectivity index (χ2n) is 8.74. The maximum absolute atomic E-state index is 7.19. The molecule has 0 unspecified atom stereocenters. The van der Waals surface area contributed by atoms with Crippen LogP contribution in [0.25, 0.3) is 0 Å². The summed E-state index contributed by atoms with van der Waals surface area (Å²) in [5.41, 5.74) is 0.410. The van der Waals surface area contributed by atoms with E-state index in [9.17, 15) is 0 Å². The van der Waals surface area contributed by atoms with Crippen LogP contribution in [0.1, 0.15) is 59.3 Å². The standard InChI is InChI=1S/C16H24Cl2S/c1-13(2,3)15(17)16(18,19-15)14-7-10-4-11(8-14)6-12(5-10)9-14/h10-12H,4-9H2,1-3H3/t10?,11?,12?,14?,15-,16-/m1/s1. The first-order chi connectivity index (χ1) is 8.69. The summed E-state index contributed by atoms with van der Waals surface area (Å²) < 4.78 is -0.455. The van der Waals surface area contributed by atoms with Gasteiger partial charge < -0.3 is 0 Å². The van der Waals surface area contributed by atoms with Crippen molar-refractivity contribution in [2.45, 2.75) is 67.7 Å². The Balaban J connectivity index is 1.70. The fourth-order valence-electron chi connectivity index (χ4n) is 5.76. The maximum atomic E-state index is 7.19. The van der Waals surface area contributed by atoms with Gasteiger partial charge >= 0.3 is 0 Å². The van der Waals surface area contributed by atoms with Crippen molar-refractivity contribution in [1.29, 1.82) is 0 Å². The van der Waals surface area contributed by atoms with Gasteiger partial charge in [-0.25, -0.2) is 0 Å². The summed E-state index contributed by atoms with van der Waals surface area (Å²) in [6, 6.07) is 0. The van der Waals surface area contributed by atoms with Gasteiger partial charge in [-0.1, -0.05) is 20.8 Å². The SMILES string of the molecule is CC(C)(C)[C@@]1(Cl)S[C@]1(Cl)C12CC3CC(CC(C3)C1)C2. The highest BCUT2D eigenvalue weighted by atomic mass is 35.5. The zero-order valence-electron chi connectivity index (χ0n) is 12.1. The fourth-order valence-corrected chi connectivity index (χ4v) is 8.92. The third kappa shape index (κ3) is 1.56. The van der Waals surface area contributed by atoms with Gasteiger partial charge in [0.1, 0.15) is 8.41 Å². The first kappa shape index (κ1) is 13.6. The highest BCUT2D eigenvalue weighted by Crippen LogP contribution is 2.85. The van der Waals surface area contributed by atoms with Crippen molar-refractivity contribution in [2.75, 3.05) is 0 Å². The van der Waals surface area contributed by atoms with Crippen molar-refractivity contribution in [3.05, 3.63) is 0 Å². The Kier molecular flexibility index (Phi) is 2.60. The Morgan fingerprint density at radius 3 is 1.63 bits per heavy atom. The predicted molar refractivity (Wildman–Crippen MR) is 84.8 cm³/mol. The number of alkyl halides is 2. The monoisotopic (exact) mass is 318 g/mol. The van der Waals surface area contributed by atoms with Gasteiger partial charge in [-0.2, -0.15) is 0 Å². The van der Waals surface area contributed by atoms with Crippen LogP contribution in [-0.4, -0.2) is 8.41 Å². The quantitative estimate of drug-likeness (QED) is 0.430. The summed E-state index contributed by atoms with van der Waals surface area (Å²) in [6.45, 7) is 6.74. The number of hydrogen-bond acceptors (Lipinski definition) is 1. The van der Waals surface area contributed by atoms with E-state index in [-0.39, 0.29) is 13.8 Å². The summed E-state index contributed by atoms with van der Waals surface area (Å²) in [5, 5.41) is 0. The van der Waals surface area contributed by atoms with Crippen molar-refractivity contribution in [3.63, 3.8) is 0 Å². The lowest BCUT2D eigenvalue weighted by Gasteiger charge is -2.59. The molecule has 0 amide bonds. The van der Waals surface area contributed by atoms with Crippen LogP contribution in [-0.2, 0) is 0 Å². The fraction of sp³-hybridized carbons (Fsp3) is 1.00. The molecule has 5 aliphatic rings. The topological polar surface area (TPSA) is 0 Å². The van der Waals surface area contributed by atoms with Crippen LogP contribution in [0.4, 0.5) is 0 Å². The molecule has 4 saturated carbocycles. The summed E-state index contributed by atoms with van der Waals surface area (Å²) in [5.74, 6) is 2.84. The van der Waals surface area contributed by atoms with E-state index in [0.29, 0.717) is 5.41 Å². The van der Waals surface area contributed by atoms with Gasteiger partial charge in [0.15, 0.2) is 0 Å². The first-order valence-electron chi connectivity index (χ1n) is 7.77. The van der Waals surface area contributed by atoms with Gasteiger partial charge in [0.05, 0.1) is 0 Å². The molecule has 5 fully saturated rings. The van der Waals surface area contributed by atoms with Gasteiger partial charge in [0.25, 0.3) is 0 Å². The maximum Gasteiger partial charge on any atom is 0.126 e. The number of thioether (sulfide) groups is 1. The number of hydrogen-bond donors (Lipinski definition) is 0. The van der Waals surface area contributed by atoms with E-state index >= 15 is 0 Å². The molecule has 0 aromatic carbocycles. The first-order valence-corrected chi connectivity index (χ1v) is 9.34. The van der Waals surface area contributed by atoms with Gasteiger partial charge in [0, 0.05) is 5.41 Å². The van der Waals surface area contributed by atoms with Crippen molar-refractivity contribution >= 4 is 35.0 Å². The molecule has 0 nitrogen and oxygen atoms in total. The second-order valence-corrected chi connectivity index (χ2v) is 11.8. The van der Waals surface area contributed by atoms with Crippen LogP contribution in [0.3, 0.4) is 0 Å². The lowest BCUT2D eigenvalue weighted by molar-refractivity contribution is -0.0596. The molecular weight excluding hydrogens is 295 g/mol. The lowest BCUT2D eigenvalue weighted by atomic mass is 9.48. The lowest BCUT2D eigenvalue weighted by Crippen LogP contribution is -2.54. The molecule has 2 atom stereocenters. The third-order valence-corrected chi connectivity index (χ3v) is 10.7. The van der Waals surface area contributed by atoms with Gasteiger partial charge in [-0.15, -0.1) is 35.0 Å². The van der Waals surface area contributed by atoms with Crippen molar-refractivity contribution in [3.8, 4) is 0 Å². The van der Waals surface area contributed by atoms with Crippen LogP contribution < -0.4 is 0 Å². The largest absolute Gasteiger partial charge is 0.126 e. The van der Waals surface area contributed by atoms with E-state index in [0.717, 1.165) is 17.8 Å². The molecular formula is C16H24Cl2S. The molecule has 4 bridgehead atoms. The summed E-state index contributed by atoms with van der Waals surface area (Å²) in [6.07, 6.45) is 8.46. The smallest absolute Gasteiger partial charge is 0.109 e. The van der Waals surface area contributed by atoms with Gasteiger partial charge in [-0.3, -0.25) is 0 Å². The normalized spacial score (nSPS) is 59.5. The van der Waals surface area contributed by atoms with Crippen LogP contribution in [0, 0.1) is 28.6 Å². The Labute approximate surface area is 131 Å². The van der Waals surface area contributed by atoms with E-state index in [4.69, 9.17) is 23.2 Å². The number of rotatable bonds is 1. The molecule has 3 heteroatoms. The molecule has 1 heterocycles. The Morgan fingerprint density at radius 2 is 1.32 bits per heavy atom. The average Bonchev–Trinajstić information content (AvgIpc) is 2.82. The molecule has 1 saturated heterocycles. The summed E-state index contributed by atoms with van der Waals surface area (Å²) in [7, 11) is 0. The molecule has 0 N–H and O–H groups in total. The van der Waals surface area contributed by atoms with E-state index in [1.54, 1.807) is 0 Å². The third-order valence-electron chi connectivity index (χ3n) is 6.34. The van der Waals surface area contributed by atoms with E-state index < -0.39 is 0 Å². The Morgan fingerprint density at radius 1 is 0.895 bits per heavy atom. The van der Waals surface area contributed by atoms with Crippen LogP contribution in [0.5, 0.6) is 0 Å². The molecule has 0 aromatic rings. The zero-order chi connectivity index (χ0) is 13.7. The minimum atomic E-state index is -0.257. The van der Waals surface area contributed by atoms with E-state index in [2.05, 4.69) is 20.8 Å². The molecule has 108 valence electrons. The van der Waals surface area contributed by atoms with Gasteiger partial charge in [0.2, 0.25) is 0 Å². The average molecular weight is 319 g/mol. The molecule has 5 rings (SSSR count). The minimum absolute atomic E-state index is 0.0737. The van der Waals surface area contributed by atoms with Crippen LogP contribution in [0.2, 0.25) is 0 Å².